The maximum absolute atomic E-state index is 14.1. The van der Waals surface area contributed by atoms with E-state index in [1.165, 1.54) is 68.8 Å². The zero-order valence-electron chi connectivity index (χ0n) is 28.1. The number of ether oxygens (including phenoxy) is 1. The summed E-state index contributed by atoms with van der Waals surface area (Å²) in [6, 6.07) is 7.05. The predicted octanol–water partition coefficient (Wildman–Crippen LogP) is 7.80. The Kier molecular flexibility index (Phi) is 5.83. The molecule has 0 spiro atoms. The Labute approximate surface area is 259 Å². The monoisotopic (exact) mass is 588 g/mol. The van der Waals surface area contributed by atoms with Crippen molar-refractivity contribution in [2.75, 3.05) is 6.61 Å². The molecular weight excluding hydrogens is 533 g/mol. The molecule has 1 aromatic heterocycles. The van der Waals surface area contributed by atoms with Crippen LogP contribution in [0, 0.1) is 56.6 Å². The minimum absolute atomic E-state index is 0.0000327. The van der Waals surface area contributed by atoms with Gasteiger partial charge in [0.25, 0.3) is 0 Å². The van der Waals surface area contributed by atoms with Crippen LogP contribution >= 0.6 is 0 Å². The van der Waals surface area contributed by atoms with Crippen LogP contribution in [0.4, 0.5) is 4.39 Å². The second-order valence-corrected chi connectivity index (χ2v) is 18.3. The molecule has 0 unspecified atom stereocenters. The molecule has 8 rings (SSSR count). The zero-order chi connectivity index (χ0) is 30.4. The molecule has 0 radical (unpaired) electrons. The van der Waals surface area contributed by atoms with E-state index in [1.807, 2.05) is 12.1 Å². The molecule has 2 heterocycles. The van der Waals surface area contributed by atoms with Crippen LogP contribution in [0.1, 0.15) is 117 Å². The van der Waals surface area contributed by atoms with Crippen molar-refractivity contribution < 1.29 is 13.8 Å². The van der Waals surface area contributed by atoms with Crippen molar-refractivity contribution in [3.8, 4) is 0 Å². The van der Waals surface area contributed by atoms with Crippen molar-refractivity contribution in [1.29, 1.82) is 0 Å². The first-order chi connectivity index (χ1) is 20.2. The number of aromatic nitrogens is 3. The third-order valence-corrected chi connectivity index (χ3v) is 15.8. The van der Waals surface area contributed by atoms with E-state index in [0.717, 1.165) is 30.4 Å². The van der Waals surface area contributed by atoms with Gasteiger partial charge in [-0.15, -0.1) is 9.36 Å². The maximum atomic E-state index is 14.1. The number of hydrogen-bond acceptors (Lipinski definition) is 2. The van der Waals surface area contributed by atoms with E-state index in [1.54, 1.807) is 6.07 Å². The topological polar surface area (TPSA) is 30.9 Å². The highest BCUT2D eigenvalue weighted by atomic mass is 19.1. The van der Waals surface area contributed by atoms with Crippen molar-refractivity contribution in [3.63, 3.8) is 0 Å². The van der Waals surface area contributed by atoms with Gasteiger partial charge in [0.05, 0.1) is 17.9 Å². The van der Waals surface area contributed by atoms with E-state index < -0.39 is 0 Å². The molecule has 9 atom stereocenters. The van der Waals surface area contributed by atoms with Crippen LogP contribution in [0.2, 0.25) is 0 Å². The molecule has 1 aliphatic heterocycles. The molecule has 2 aromatic rings. The molecule has 0 amide bonds. The summed E-state index contributed by atoms with van der Waals surface area (Å²) in [5, 5.41) is 5.08. The van der Waals surface area contributed by atoms with E-state index in [2.05, 4.69) is 64.9 Å². The second kappa shape index (κ2) is 8.74. The Hall–Kier alpha value is -1.75. The van der Waals surface area contributed by atoms with Gasteiger partial charge in [0.2, 0.25) is 0 Å². The predicted molar refractivity (Wildman–Crippen MR) is 167 cm³/mol. The summed E-state index contributed by atoms with van der Waals surface area (Å²) in [6.45, 7) is 19.8. The lowest BCUT2D eigenvalue weighted by molar-refractivity contribution is -0.757. The van der Waals surface area contributed by atoms with E-state index in [4.69, 9.17) is 9.95 Å². The van der Waals surface area contributed by atoms with Crippen LogP contribution in [-0.2, 0) is 30.2 Å². The van der Waals surface area contributed by atoms with Gasteiger partial charge in [-0.1, -0.05) is 60.6 Å². The highest BCUT2D eigenvalue weighted by Crippen LogP contribution is 2.77. The van der Waals surface area contributed by atoms with Gasteiger partial charge in [-0.25, -0.2) is 4.39 Å². The van der Waals surface area contributed by atoms with Gasteiger partial charge in [0, 0.05) is 11.8 Å². The van der Waals surface area contributed by atoms with Gasteiger partial charge in [-0.05, 0) is 120 Å². The molecule has 4 nitrogen and oxygen atoms in total. The average molecular weight is 589 g/mol. The first-order valence-electron chi connectivity index (χ1n) is 17.5. The molecule has 5 heteroatoms. The first kappa shape index (κ1) is 28.7. The number of benzene rings is 1. The van der Waals surface area contributed by atoms with Crippen LogP contribution < -0.4 is 4.68 Å². The molecule has 234 valence electrons. The molecule has 5 fully saturated rings. The summed E-state index contributed by atoms with van der Waals surface area (Å²) < 4.78 is 25.3. The fraction of sp³-hybridized carbons (Fsp3) is 0.789. The number of nitrogens with zero attached hydrogens (tertiary/aromatic N) is 3. The molecule has 2 bridgehead atoms. The van der Waals surface area contributed by atoms with Crippen LogP contribution in [0.5, 0.6) is 0 Å². The fourth-order valence-electron chi connectivity index (χ4n) is 13.7. The lowest BCUT2D eigenvalue weighted by atomic mass is 9.31. The summed E-state index contributed by atoms with van der Waals surface area (Å²) in [5.74, 6) is 2.67. The van der Waals surface area contributed by atoms with Crippen LogP contribution in [-0.4, -0.2) is 22.6 Å². The van der Waals surface area contributed by atoms with Crippen molar-refractivity contribution in [1.82, 2.24) is 9.90 Å². The molecule has 6 aliphatic rings. The highest BCUT2D eigenvalue weighted by molar-refractivity contribution is 5.30. The molecule has 5 aliphatic carbocycles. The molecule has 0 N–H and O–H groups in total. The summed E-state index contributed by atoms with van der Waals surface area (Å²) in [5.41, 5.74) is 5.45. The number of hydrogen-bond donors (Lipinski definition) is 0. The minimum atomic E-state index is -0.171. The third-order valence-electron chi connectivity index (χ3n) is 15.8. The fourth-order valence-corrected chi connectivity index (χ4v) is 13.7. The normalized spacial score (nSPS) is 45.4. The van der Waals surface area contributed by atoms with Gasteiger partial charge in [-0.2, -0.15) is 0 Å². The number of halogens is 1. The Morgan fingerprint density at radius 1 is 0.930 bits per heavy atom. The van der Waals surface area contributed by atoms with Gasteiger partial charge < -0.3 is 4.74 Å². The van der Waals surface area contributed by atoms with Crippen LogP contribution in [0.15, 0.2) is 24.3 Å². The average Bonchev–Trinajstić information content (AvgIpc) is 3.42. The van der Waals surface area contributed by atoms with Crippen molar-refractivity contribution in [3.05, 3.63) is 47.0 Å². The highest BCUT2D eigenvalue weighted by Gasteiger charge is 2.73. The minimum Gasteiger partial charge on any atom is -0.377 e. The molecule has 1 saturated heterocycles. The number of aryl methyl sites for hydroxylation is 1. The quantitative estimate of drug-likeness (QED) is 0.335. The maximum Gasteiger partial charge on any atom is 0.177 e. The Balaban J connectivity index is 1.17. The zero-order valence-corrected chi connectivity index (χ0v) is 28.1. The molecule has 4 saturated carbocycles. The lowest BCUT2D eigenvalue weighted by Crippen LogP contribution is -2.68. The van der Waals surface area contributed by atoms with Gasteiger partial charge >= 0.3 is 0 Å². The number of rotatable bonds is 2. The van der Waals surface area contributed by atoms with E-state index in [-0.39, 0.29) is 16.6 Å². The Bertz CT molecular complexity index is 1480. The lowest BCUT2D eigenvalue weighted by Gasteiger charge is -2.72. The SMILES string of the molecule is Cn1n[n+](Cc2cccc(F)c2)c2c1C[C@]1(C)[C@H]3CC[C@@H]4[C@H]5[C@H]6OC[C@@]5(CCC6(C)C)CC[C@@]4(C)[C@]3(C)CC[C@H]1C2(C)C. The third kappa shape index (κ3) is 3.53. The Morgan fingerprint density at radius 3 is 2.47 bits per heavy atom. The van der Waals surface area contributed by atoms with Gasteiger partial charge in [0.15, 0.2) is 11.4 Å². The standard InChI is InChI=1S/C38H55FN3O/c1-33(2)16-18-38-19-17-36(6)26(30(38)32(33)43-23-38)12-13-29-35(5)21-27-31(34(3,4)28(35)14-15-37(29,36)7)42(40-41(27)8)22-24-10-9-11-25(39)20-24/h9-11,20,26,28-30,32H,12-19,21-23H2,1-8H3/q+1/t26-,28+,29-,30+,32-,35+,36-,37-,38-/m1/s1. The largest absolute Gasteiger partial charge is 0.377 e. The summed E-state index contributed by atoms with van der Waals surface area (Å²) in [7, 11) is 2.14. The van der Waals surface area contributed by atoms with Crippen molar-refractivity contribution in [2.45, 2.75) is 124 Å². The van der Waals surface area contributed by atoms with E-state index in [9.17, 15) is 4.39 Å². The van der Waals surface area contributed by atoms with Crippen molar-refractivity contribution >= 4 is 0 Å². The summed E-state index contributed by atoms with van der Waals surface area (Å²) in [6.07, 6.45) is 12.4. The summed E-state index contributed by atoms with van der Waals surface area (Å²) in [4.78, 5) is 0. The smallest absolute Gasteiger partial charge is 0.177 e. The van der Waals surface area contributed by atoms with Crippen molar-refractivity contribution in [2.24, 2.45) is 57.8 Å². The molecule has 1 aromatic carbocycles. The molecule has 43 heavy (non-hydrogen) atoms. The van der Waals surface area contributed by atoms with Gasteiger partial charge in [-0.3, -0.25) is 0 Å². The van der Waals surface area contributed by atoms with Crippen LogP contribution in [0.25, 0.3) is 0 Å². The summed E-state index contributed by atoms with van der Waals surface area (Å²) >= 11 is 0. The second-order valence-electron chi connectivity index (χ2n) is 18.3. The van der Waals surface area contributed by atoms with E-state index >= 15 is 0 Å². The van der Waals surface area contributed by atoms with Crippen LogP contribution in [0.3, 0.4) is 0 Å². The van der Waals surface area contributed by atoms with E-state index in [0.29, 0.717) is 46.1 Å². The molecular formula is C38H55FN3O+. The Morgan fingerprint density at radius 2 is 1.70 bits per heavy atom. The van der Waals surface area contributed by atoms with Gasteiger partial charge in [0.1, 0.15) is 19.4 Å². The first-order valence-corrected chi connectivity index (χ1v) is 17.5. The number of fused-ring (bicyclic) bond motifs is 6.